The zero-order valence-corrected chi connectivity index (χ0v) is 10.3. The van der Waals surface area contributed by atoms with Gasteiger partial charge in [0.05, 0.1) is 6.04 Å². The van der Waals surface area contributed by atoms with Crippen LogP contribution in [0.2, 0.25) is 0 Å². The third-order valence-corrected chi connectivity index (χ3v) is 2.90. The normalized spacial score (nSPS) is 12.6. The standard InChI is InChI=1S/C13H18N4/c1-3-7-17-8-6-16-13(17)12(14)11-9-15-5-4-10(11)2/h4-6,8-9,12H,3,7,14H2,1-2H3. The van der Waals surface area contributed by atoms with E-state index in [1.165, 1.54) is 0 Å². The summed E-state index contributed by atoms with van der Waals surface area (Å²) < 4.78 is 2.11. The summed E-state index contributed by atoms with van der Waals surface area (Å²) in [5, 5.41) is 0. The second-order valence-corrected chi connectivity index (χ2v) is 4.19. The third kappa shape index (κ3) is 2.36. The van der Waals surface area contributed by atoms with Crippen LogP contribution in [-0.4, -0.2) is 14.5 Å². The molecule has 2 aromatic rings. The summed E-state index contributed by atoms with van der Waals surface area (Å²) in [7, 11) is 0. The van der Waals surface area contributed by atoms with Gasteiger partial charge in [0.2, 0.25) is 0 Å². The monoisotopic (exact) mass is 230 g/mol. The maximum atomic E-state index is 6.27. The van der Waals surface area contributed by atoms with Crippen molar-refractivity contribution in [3.05, 3.63) is 47.8 Å². The predicted molar refractivity (Wildman–Crippen MR) is 67.5 cm³/mol. The predicted octanol–water partition coefficient (Wildman–Crippen LogP) is 2.04. The lowest BCUT2D eigenvalue weighted by atomic mass is 10.0. The van der Waals surface area contributed by atoms with Crippen molar-refractivity contribution in [1.82, 2.24) is 14.5 Å². The Morgan fingerprint density at radius 1 is 1.41 bits per heavy atom. The molecule has 0 aliphatic heterocycles. The van der Waals surface area contributed by atoms with Crippen LogP contribution in [0.3, 0.4) is 0 Å². The average molecular weight is 230 g/mol. The van der Waals surface area contributed by atoms with Gasteiger partial charge in [-0.1, -0.05) is 6.92 Å². The second kappa shape index (κ2) is 5.10. The van der Waals surface area contributed by atoms with Gasteiger partial charge < -0.3 is 10.3 Å². The van der Waals surface area contributed by atoms with Gasteiger partial charge in [-0.2, -0.15) is 0 Å². The molecule has 0 fully saturated rings. The van der Waals surface area contributed by atoms with Crippen molar-refractivity contribution in [2.75, 3.05) is 0 Å². The summed E-state index contributed by atoms with van der Waals surface area (Å²) in [6, 6.07) is 1.77. The van der Waals surface area contributed by atoms with Crippen LogP contribution in [0.1, 0.15) is 36.3 Å². The first kappa shape index (κ1) is 11.8. The van der Waals surface area contributed by atoms with Crippen LogP contribution in [-0.2, 0) is 6.54 Å². The van der Waals surface area contributed by atoms with Crippen molar-refractivity contribution < 1.29 is 0 Å². The van der Waals surface area contributed by atoms with Gasteiger partial charge in [-0.05, 0) is 30.5 Å². The third-order valence-electron chi connectivity index (χ3n) is 2.90. The Kier molecular flexibility index (Phi) is 3.54. The highest BCUT2D eigenvalue weighted by Gasteiger charge is 2.16. The van der Waals surface area contributed by atoms with E-state index in [1.54, 1.807) is 12.4 Å². The highest BCUT2D eigenvalue weighted by molar-refractivity contribution is 5.29. The fourth-order valence-corrected chi connectivity index (χ4v) is 1.97. The van der Waals surface area contributed by atoms with E-state index >= 15 is 0 Å². The van der Waals surface area contributed by atoms with Crippen LogP contribution in [0.15, 0.2) is 30.9 Å². The molecular weight excluding hydrogens is 212 g/mol. The topological polar surface area (TPSA) is 56.7 Å². The van der Waals surface area contributed by atoms with Crippen molar-refractivity contribution in [3.63, 3.8) is 0 Å². The molecular formula is C13H18N4. The van der Waals surface area contributed by atoms with Crippen molar-refractivity contribution in [3.8, 4) is 0 Å². The lowest BCUT2D eigenvalue weighted by Crippen LogP contribution is -2.19. The van der Waals surface area contributed by atoms with E-state index in [1.807, 2.05) is 25.4 Å². The zero-order chi connectivity index (χ0) is 12.3. The molecule has 1 unspecified atom stereocenters. The minimum absolute atomic E-state index is 0.203. The first-order valence-corrected chi connectivity index (χ1v) is 5.91. The number of nitrogens with zero attached hydrogens (tertiary/aromatic N) is 3. The van der Waals surface area contributed by atoms with Crippen LogP contribution in [0.4, 0.5) is 0 Å². The van der Waals surface area contributed by atoms with Gasteiger partial charge in [0.15, 0.2) is 0 Å². The highest BCUT2D eigenvalue weighted by Crippen LogP contribution is 2.20. The molecule has 2 rings (SSSR count). The summed E-state index contributed by atoms with van der Waals surface area (Å²) in [6.07, 6.45) is 8.46. The van der Waals surface area contributed by atoms with Crippen molar-refractivity contribution in [1.29, 1.82) is 0 Å². The Morgan fingerprint density at radius 2 is 2.24 bits per heavy atom. The number of imidazole rings is 1. The number of hydrogen-bond acceptors (Lipinski definition) is 3. The van der Waals surface area contributed by atoms with Gasteiger partial charge in [0.25, 0.3) is 0 Å². The number of nitrogens with two attached hydrogens (primary N) is 1. The van der Waals surface area contributed by atoms with Gasteiger partial charge in [0.1, 0.15) is 5.82 Å². The molecule has 0 aromatic carbocycles. The van der Waals surface area contributed by atoms with Crippen LogP contribution in [0.25, 0.3) is 0 Å². The molecule has 0 amide bonds. The molecule has 2 aromatic heterocycles. The van der Waals surface area contributed by atoms with E-state index in [-0.39, 0.29) is 6.04 Å². The average Bonchev–Trinajstić information content (AvgIpc) is 2.78. The number of aromatic nitrogens is 3. The second-order valence-electron chi connectivity index (χ2n) is 4.19. The molecule has 0 aliphatic carbocycles. The maximum absolute atomic E-state index is 6.27. The molecule has 2 heterocycles. The summed E-state index contributed by atoms with van der Waals surface area (Å²) in [4.78, 5) is 8.50. The smallest absolute Gasteiger partial charge is 0.130 e. The van der Waals surface area contributed by atoms with Crippen LogP contribution in [0.5, 0.6) is 0 Å². The SMILES string of the molecule is CCCn1ccnc1C(N)c1cnccc1C. The maximum Gasteiger partial charge on any atom is 0.130 e. The fraction of sp³-hybridized carbons (Fsp3) is 0.385. The highest BCUT2D eigenvalue weighted by atomic mass is 15.1. The molecule has 4 nitrogen and oxygen atoms in total. The molecule has 0 saturated heterocycles. The molecule has 4 heteroatoms. The van der Waals surface area contributed by atoms with E-state index in [4.69, 9.17) is 5.73 Å². The van der Waals surface area contributed by atoms with Crippen LogP contribution >= 0.6 is 0 Å². The Bertz CT molecular complexity index is 490. The minimum Gasteiger partial charge on any atom is -0.333 e. The van der Waals surface area contributed by atoms with Crippen molar-refractivity contribution in [2.45, 2.75) is 32.9 Å². The van der Waals surface area contributed by atoms with Gasteiger partial charge in [-0.3, -0.25) is 4.98 Å². The van der Waals surface area contributed by atoms with Gasteiger partial charge in [-0.15, -0.1) is 0 Å². The summed E-state index contributed by atoms with van der Waals surface area (Å²) in [5.74, 6) is 0.906. The molecule has 0 spiro atoms. The van der Waals surface area contributed by atoms with Crippen LogP contribution < -0.4 is 5.73 Å². The van der Waals surface area contributed by atoms with E-state index in [2.05, 4.69) is 21.5 Å². The summed E-state index contributed by atoms with van der Waals surface area (Å²) in [6.45, 7) is 5.14. The first-order valence-electron chi connectivity index (χ1n) is 5.91. The Labute approximate surface area is 102 Å². The lowest BCUT2D eigenvalue weighted by molar-refractivity contribution is 0.611. The van der Waals surface area contributed by atoms with Crippen LogP contribution in [0, 0.1) is 6.92 Å². The molecule has 0 aliphatic rings. The van der Waals surface area contributed by atoms with E-state index in [0.717, 1.165) is 29.9 Å². The minimum atomic E-state index is -0.203. The van der Waals surface area contributed by atoms with E-state index in [9.17, 15) is 0 Å². The molecule has 0 bridgehead atoms. The number of aryl methyl sites for hydroxylation is 2. The number of rotatable bonds is 4. The Balaban J connectivity index is 2.34. The number of pyridine rings is 1. The quantitative estimate of drug-likeness (QED) is 0.874. The largest absolute Gasteiger partial charge is 0.333 e. The summed E-state index contributed by atoms with van der Waals surface area (Å²) in [5.41, 5.74) is 8.46. The molecule has 0 radical (unpaired) electrons. The zero-order valence-electron chi connectivity index (χ0n) is 10.3. The molecule has 2 N–H and O–H groups in total. The van der Waals surface area contributed by atoms with E-state index in [0.29, 0.717) is 0 Å². The first-order chi connectivity index (χ1) is 8.24. The molecule has 0 saturated carbocycles. The molecule has 17 heavy (non-hydrogen) atoms. The fourth-order valence-electron chi connectivity index (χ4n) is 1.97. The van der Waals surface area contributed by atoms with E-state index < -0.39 is 0 Å². The van der Waals surface area contributed by atoms with Crippen molar-refractivity contribution in [2.24, 2.45) is 5.73 Å². The lowest BCUT2D eigenvalue weighted by Gasteiger charge is -2.15. The van der Waals surface area contributed by atoms with Gasteiger partial charge in [0, 0.05) is 31.3 Å². The van der Waals surface area contributed by atoms with Gasteiger partial charge in [-0.25, -0.2) is 4.98 Å². The Hall–Kier alpha value is -1.68. The number of hydrogen-bond donors (Lipinski definition) is 1. The summed E-state index contributed by atoms with van der Waals surface area (Å²) >= 11 is 0. The molecule has 1 atom stereocenters. The van der Waals surface area contributed by atoms with Crippen molar-refractivity contribution >= 4 is 0 Å². The molecule has 90 valence electrons. The van der Waals surface area contributed by atoms with Gasteiger partial charge >= 0.3 is 0 Å². The Morgan fingerprint density at radius 3 is 2.94 bits per heavy atom.